The zero-order chi connectivity index (χ0) is 27.1. The van der Waals surface area contributed by atoms with Gasteiger partial charge in [-0.15, -0.1) is 0 Å². The number of phenolic OH excluding ortho intramolecular Hbond substituents is 1. The minimum absolute atomic E-state index is 0.0227. The molecule has 2 aromatic carbocycles. The van der Waals surface area contributed by atoms with Gasteiger partial charge in [-0.05, 0) is 66.9 Å². The Morgan fingerprint density at radius 3 is 2.27 bits per heavy atom. The quantitative estimate of drug-likeness (QED) is 0.212. The smallest absolute Gasteiger partial charge is 0.341 e. The number of hydrogen-bond acceptors (Lipinski definition) is 4. The van der Waals surface area contributed by atoms with E-state index in [1.165, 1.54) is 37.3 Å². The maximum atomic E-state index is 12.7. The van der Waals surface area contributed by atoms with Crippen LogP contribution < -0.4 is 0 Å². The molecule has 2 bridgehead atoms. The SMILES string of the molecule is CCCCCCCCOC(=O)c1ccccc1O.Cc1ccc(/C=C2\C(=O)C3(C)CCC2C3(C)C)cc1. The summed E-state index contributed by atoms with van der Waals surface area (Å²) in [5.41, 5.74) is 3.68. The molecule has 0 saturated heterocycles. The van der Waals surface area contributed by atoms with Gasteiger partial charge in [-0.3, -0.25) is 4.79 Å². The first kappa shape index (κ1) is 28.7. The van der Waals surface area contributed by atoms with E-state index in [-0.39, 0.29) is 22.1 Å². The summed E-state index contributed by atoms with van der Waals surface area (Å²) >= 11 is 0. The number of benzene rings is 2. The molecule has 200 valence electrons. The summed E-state index contributed by atoms with van der Waals surface area (Å²) in [6.07, 6.45) is 11.3. The minimum Gasteiger partial charge on any atom is -0.507 e. The van der Waals surface area contributed by atoms with E-state index in [2.05, 4.69) is 65.0 Å². The molecule has 4 heteroatoms. The van der Waals surface area contributed by atoms with Gasteiger partial charge in [0.05, 0.1) is 6.61 Å². The molecule has 0 aliphatic heterocycles. The van der Waals surface area contributed by atoms with E-state index in [1.54, 1.807) is 18.2 Å². The Hall–Kier alpha value is -2.88. The number of phenols is 1. The fraction of sp³-hybridized carbons (Fsp3) is 0.515. The van der Waals surface area contributed by atoms with Crippen LogP contribution in [-0.4, -0.2) is 23.5 Å². The van der Waals surface area contributed by atoms with E-state index < -0.39 is 5.97 Å². The van der Waals surface area contributed by atoms with Gasteiger partial charge in [-0.1, -0.05) is 102 Å². The molecule has 2 aliphatic carbocycles. The highest BCUT2D eigenvalue weighted by Crippen LogP contribution is 2.65. The zero-order valence-corrected chi connectivity index (χ0v) is 23.3. The molecule has 0 amide bonds. The van der Waals surface area contributed by atoms with Crippen molar-refractivity contribution < 1.29 is 19.4 Å². The van der Waals surface area contributed by atoms with Gasteiger partial charge in [-0.2, -0.15) is 0 Å². The first-order valence-corrected chi connectivity index (χ1v) is 13.9. The summed E-state index contributed by atoms with van der Waals surface area (Å²) in [5.74, 6) is 0.354. The molecule has 4 nitrogen and oxygen atoms in total. The number of Topliss-reactive ketones (excluding diaryl/α,β-unsaturated/α-hetero) is 1. The Morgan fingerprint density at radius 2 is 1.65 bits per heavy atom. The summed E-state index contributed by atoms with van der Waals surface area (Å²) in [7, 11) is 0. The zero-order valence-electron chi connectivity index (χ0n) is 23.3. The number of ketones is 1. The first-order chi connectivity index (χ1) is 17.6. The van der Waals surface area contributed by atoms with E-state index >= 15 is 0 Å². The molecule has 4 rings (SSSR count). The van der Waals surface area contributed by atoms with E-state index in [9.17, 15) is 14.7 Å². The second-order valence-corrected chi connectivity index (χ2v) is 11.4. The van der Waals surface area contributed by atoms with E-state index in [1.807, 2.05) is 0 Å². The third-order valence-corrected chi connectivity index (χ3v) is 8.62. The van der Waals surface area contributed by atoms with Crippen molar-refractivity contribution in [2.24, 2.45) is 16.7 Å². The lowest BCUT2D eigenvalue weighted by Gasteiger charge is -2.31. The number of carbonyl (C=O) groups excluding carboxylic acids is 2. The molecular formula is C33H44O4. The van der Waals surface area contributed by atoms with Gasteiger partial charge in [0.25, 0.3) is 0 Å². The highest BCUT2D eigenvalue weighted by Gasteiger charge is 2.63. The van der Waals surface area contributed by atoms with Crippen LogP contribution >= 0.6 is 0 Å². The van der Waals surface area contributed by atoms with Crippen molar-refractivity contribution in [2.45, 2.75) is 86.0 Å². The minimum atomic E-state index is -0.443. The number of fused-ring (bicyclic) bond motifs is 2. The van der Waals surface area contributed by atoms with Crippen molar-refractivity contribution in [1.29, 1.82) is 0 Å². The fourth-order valence-corrected chi connectivity index (χ4v) is 5.71. The average Bonchev–Trinajstić information content (AvgIpc) is 3.19. The Labute approximate surface area is 223 Å². The highest BCUT2D eigenvalue weighted by molar-refractivity contribution is 6.07. The van der Waals surface area contributed by atoms with Crippen molar-refractivity contribution >= 4 is 17.8 Å². The molecule has 0 radical (unpaired) electrons. The predicted molar refractivity (Wildman–Crippen MR) is 151 cm³/mol. The van der Waals surface area contributed by atoms with E-state index in [0.29, 0.717) is 18.3 Å². The molecule has 2 aromatic rings. The molecule has 2 atom stereocenters. The van der Waals surface area contributed by atoms with Crippen molar-refractivity contribution in [3.8, 4) is 5.75 Å². The molecule has 0 aromatic heterocycles. The van der Waals surface area contributed by atoms with Gasteiger partial charge in [0.15, 0.2) is 5.78 Å². The van der Waals surface area contributed by atoms with Gasteiger partial charge in [0.1, 0.15) is 11.3 Å². The Balaban J connectivity index is 0.000000206. The number of aryl methyl sites for hydroxylation is 1. The third-order valence-electron chi connectivity index (χ3n) is 8.62. The Morgan fingerprint density at radius 1 is 1.00 bits per heavy atom. The summed E-state index contributed by atoms with van der Waals surface area (Å²) in [5, 5.41) is 9.48. The van der Waals surface area contributed by atoms with Crippen LogP contribution in [0.2, 0.25) is 0 Å². The van der Waals surface area contributed by atoms with Gasteiger partial charge in [-0.25, -0.2) is 4.79 Å². The van der Waals surface area contributed by atoms with Crippen molar-refractivity contribution in [1.82, 2.24) is 0 Å². The molecule has 0 heterocycles. The topological polar surface area (TPSA) is 63.6 Å². The van der Waals surface area contributed by atoms with Crippen LogP contribution in [-0.2, 0) is 9.53 Å². The first-order valence-electron chi connectivity index (χ1n) is 13.9. The lowest BCUT2D eigenvalue weighted by molar-refractivity contribution is -0.125. The lowest BCUT2D eigenvalue weighted by atomic mass is 9.70. The molecule has 0 spiro atoms. The van der Waals surface area contributed by atoms with Crippen LogP contribution in [0.3, 0.4) is 0 Å². The number of allylic oxidation sites excluding steroid dienone is 1. The fourth-order valence-electron chi connectivity index (χ4n) is 5.71. The summed E-state index contributed by atoms with van der Waals surface area (Å²) in [6, 6.07) is 14.9. The summed E-state index contributed by atoms with van der Waals surface area (Å²) in [6.45, 7) is 11.4. The van der Waals surface area contributed by atoms with Crippen LogP contribution in [0, 0.1) is 23.7 Å². The van der Waals surface area contributed by atoms with Gasteiger partial charge in [0, 0.05) is 5.41 Å². The van der Waals surface area contributed by atoms with Crippen LogP contribution in [0.4, 0.5) is 0 Å². The maximum Gasteiger partial charge on any atom is 0.341 e. The predicted octanol–water partition coefficient (Wildman–Crippen LogP) is 8.31. The number of esters is 1. The third kappa shape index (κ3) is 6.52. The standard InChI is InChI=1S/C18H22O.C15H22O3/c1-12-5-7-13(8-6-12)11-14-15-9-10-18(4,16(14)19)17(15,2)3;1-2-3-4-5-6-9-12-18-15(17)13-10-7-8-11-14(13)16/h5-8,11,15H,9-10H2,1-4H3;7-8,10-11,16H,2-6,9,12H2,1H3/b14-11-;. The number of aromatic hydroxyl groups is 1. The van der Waals surface area contributed by atoms with E-state index in [0.717, 1.165) is 36.8 Å². The van der Waals surface area contributed by atoms with Crippen LogP contribution in [0.25, 0.3) is 6.08 Å². The monoisotopic (exact) mass is 504 g/mol. The van der Waals surface area contributed by atoms with Gasteiger partial charge in [0.2, 0.25) is 0 Å². The largest absolute Gasteiger partial charge is 0.507 e. The molecule has 2 fully saturated rings. The van der Waals surface area contributed by atoms with Gasteiger partial charge < -0.3 is 9.84 Å². The van der Waals surface area contributed by atoms with Crippen molar-refractivity contribution in [3.05, 3.63) is 70.8 Å². The van der Waals surface area contributed by atoms with E-state index in [4.69, 9.17) is 4.74 Å². The molecular weight excluding hydrogens is 460 g/mol. The number of carbonyl (C=O) groups is 2. The van der Waals surface area contributed by atoms with Crippen LogP contribution in [0.1, 0.15) is 101 Å². The average molecular weight is 505 g/mol. The number of ether oxygens (including phenoxy) is 1. The molecule has 2 saturated carbocycles. The molecule has 1 N–H and O–H groups in total. The van der Waals surface area contributed by atoms with Gasteiger partial charge >= 0.3 is 5.97 Å². The maximum absolute atomic E-state index is 12.7. The molecule has 37 heavy (non-hydrogen) atoms. The summed E-state index contributed by atoms with van der Waals surface area (Å²) in [4.78, 5) is 24.3. The molecule has 2 aliphatic rings. The van der Waals surface area contributed by atoms with Crippen LogP contribution in [0.5, 0.6) is 5.75 Å². The summed E-state index contributed by atoms with van der Waals surface area (Å²) < 4.78 is 5.12. The highest BCUT2D eigenvalue weighted by atomic mass is 16.5. The normalized spacial score (nSPS) is 22.6. The van der Waals surface area contributed by atoms with Crippen LogP contribution in [0.15, 0.2) is 54.1 Å². The van der Waals surface area contributed by atoms with Crippen molar-refractivity contribution in [3.63, 3.8) is 0 Å². The Bertz CT molecular complexity index is 1100. The molecule has 2 unspecified atom stereocenters. The number of rotatable bonds is 9. The Kier molecular flexibility index (Phi) is 9.75. The number of unbranched alkanes of at least 4 members (excludes halogenated alkanes) is 5. The van der Waals surface area contributed by atoms with Crippen molar-refractivity contribution in [2.75, 3.05) is 6.61 Å². The lowest BCUT2D eigenvalue weighted by Crippen LogP contribution is -2.32. The second-order valence-electron chi connectivity index (χ2n) is 11.4. The number of para-hydroxylation sites is 1. The second kappa shape index (κ2) is 12.6. The number of hydrogen-bond donors (Lipinski definition) is 1.